The Bertz CT molecular complexity index is 709. The molecule has 148 valence electrons. The number of benzene rings is 1. The molecular weight excluding hydrogens is 352 g/mol. The highest BCUT2D eigenvalue weighted by Gasteiger charge is 2.14. The molecule has 1 heterocycles. The third-order valence-corrected chi connectivity index (χ3v) is 3.17. The second-order valence-electron chi connectivity index (χ2n) is 5.80. The summed E-state index contributed by atoms with van der Waals surface area (Å²) in [7, 11) is 4.02. The van der Waals surface area contributed by atoms with Crippen LogP contribution in [0.2, 0.25) is 0 Å². The van der Waals surface area contributed by atoms with E-state index in [0.29, 0.717) is 5.56 Å². The fraction of sp³-hybridized carbons (Fsp3) is 0.333. The van der Waals surface area contributed by atoms with Crippen LogP contribution in [0.5, 0.6) is 0 Å². The molecule has 0 radical (unpaired) electrons. The molecule has 0 spiro atoms. The lowest BCUT2D eigenvalue weighted by molar-refractivity contribution is -0.123. The van der Waals surface area contributed by atoms with E-state index in [1.165, 1.54) is 0 Å². The lowest BCUT2D eigenvalue weighted by atomic mass is 10.1. The van der Waals surface area contributed by atoms with Gasteiger partial charge in [-0.15, -0.1) is 0 Å². The van der Waals surface area contributed by atoms with E-state index in [-0.39, 0.29) is 24.9 Å². The van der Waals surface area contributed by atoms with Crippen molar-refractivity contribution in [3.8, 4) is 0 Å². The lowest BCUT2D eigenvalue weighted by Gasteiger charge is -2.13. The Kier molecular flexibility index (Phi) is 11.5. The number of hydrogen-bond acceptors (Lipinski definition) is 5. The molecule has 27 heavy (non-hydrogen) atoms. The highest BCUT2D eigenvalue weighted by Crippen LogP contribution is 2.11. The smallest absolute Gasteiger partial charge is 0.290 e. The van der Waals surface area contributed by atoms with Crippen molar-refractivity contribution in [2.45, 2.75) is 26.4 Å². The number of carbonyl (C=O) groups is 3. The zero-order chi connectivity index (χ0) is 20.8. The zero-order valence-corrected chi connectivity index (χ0v) is 15.8. The van der Waals surface area contributed by atoms with Gasteiger partial charge in [-0.25, -0.2) is 4.98 Å². The van der Waals surface area contributed by atoms with Crippen molar-refractivity contribution in [1.82, 2.24) is 20.2 Å². The number of rotatable bonds is 5. The first-order valence-corrected chi connectivity index (χ1v) is 8.00. The standard InChI is InChI=1S/C16H22N4O.2CH2O2/c1-11-9-17-15(18-11)12(2)19-16(21)14-7-5-6-13(8-14)10-20(3)4;2*2-1-3/h5-9,12H,10H2,1-4H3,(H,17,18)(H,19,21);2*1H,(H,2,3). The molecule has 4 N–H and O–H groups in total. The lowest BCUT2D eigenvalue weighted by Crippen LogP contribution is -2.27. The van der Waals surface area contributed by atoms with Crippen molar-refractivity contribution in [1.29, 1.82) is 0 Å². The second-order valence-corrected chi connectivity index (χ2v) is 5.80. The summed E-state index contributed by atoms with van der Waals surface area (Å²) in [6, 6.07) is 7.54. The van der Waals surface area contributed by atoms with Crippen LogP contribution in [0.15, 0.2) is 30.5 Å². The van der Waals surface area contributed by atoms with Gasteiger partial charge in [0.05, 0.1) is 6.04 Å². The Morgan fingerprint density at radius 2 is 1.89 bits per heavy atom. The Morgan fingerprint density at radius 1 is 1.30 bits per heavy atom. The van der Waals surface area contributed by atoms with Crippen LogP contribution >= 0.6 is 0 Å². The fourth-order valence-corrected chi connectivity index (χ4v) is 2.18. The Hall–Kier alpha value is -3.20. The number of imidazole rings is 1. The minimum atomic E-state index is -0.250. The van der Waals surface area contributed by atoms with Gasteiger partial charge >= 0.3 is 0 Å². The summed E-state index contributed by atoms with van der Waals surface area (Å²) in [4.78, 5) is 38.5. The first-order chi connectivity index (χ1) is 12.8. The summed E-state index contributed by atoms with van der Waals surface area (Å²) in [5.41, 5.74) is 2.78. The van der Waals surface area contributed by atoms with Crippen LogP contribution in [0.1, 0.15) is 40.4 Å². The van der Waals surface area contributed by atoms with Crippen molar-refractivity contribution in [2.24, 2.45) is 0 Å². The van der Waals surface area contributed by atoms with Crippen LogP contribution in [0.25, 0.3) is 0 Å². The molecule has 1 unspecified atom stereocenters. The van der Waals surface area contributed by atoms with Crippen LogP contribution in [-0.2, 0) is 16.1 Å². The Balaban J connectivity index is 0.000000997. The van der Waals surface area contributed by atoms with Gasteiger partial charge in [-0.3, -0.25) is 14.4 Å². The molecule has 1 atom stereocenters. The van der Waals surface area contributed by atoms with E-state index in [1.54, 1.807) is 6.20 Å². The normalized spacial score (nSPS) is 10.6. The van der Waals surface area contributed by atoms with Gasteiger partial charge in [0.25, 0.3) is 18.9 Å². The minimum Gasteiger partial charge on any atom is -0.483 e. The average molecular weight is 378 g/mol. The minimum absolute atomic E-state index is 0.0860. The van der Waals surface area contributed by atoms with Gasteiger partial charge in [0.2, 0.25) is 0 Å². The largest absolute Gasteiger partial charge is 0.483 e. The number of nitrogens with one attached hydrogen (secondary N) is 2. The van der Waals surface area contributed by atoms with Gasteiger partial charge in [-0.2, -0.15) is 0 Å². The summed E-state index contributed by atoms with van der Waals surface area (Å²) < 4.78 is 0. The van der Waals surface area contributed by atoms with Gasteiger partial charge in [-0.05, 0) is 45.6 Å². The van der Waals surface area contributed by atoms with Crippen molar-refractivity contribution in [2.75, 3.05) is 14.1 Å². The maximum Gasteiger partial charge on any atom is 0.290 e. The van der Waals surface area contributed by atoms with Gasteiger partial charge in [0.1, 0.15) is 5.82 Å². The van der Waals surface area contributed by atoms with E-state index in [9.17, 15) is 4.79 Å². The topological polar surface area (TPSA) is 136 Å². The third kappa shape index (κ3) is 9.75. The molecule has 0 aliphatic rings. The molecule has 0 aliphatic heterocycles. The number of aromatic nitrogens is 2. The van der Waals surface area contributed by atoms with E-state index < -0.39 is 0 Å². The second kappa shape index (κ2) is 13.1. The Labute approximate surface area is 158 Å². The number of carbonyl (C=O) groups excluding carboxylic acids is 1. The number of hydrogen-bond donors (Lipinski definition) is 4. The van der Waals surface area contributed by atoms with Crippen LogP contribution in [-0.4, -0.2) is 58.0 Å². The highest BCUT2D eigenvalue weighted by atomic mass is 16.3. The van der Waals surface area contributed by atoms with Crippen molar-refractivity contribution >= 4 is 18.9 Å². The summed E-state index contributed by atoms with van der Waals surface area (Å²) in [5.74, 6) is 0.683. The molecule has 1 amide bonds. The maximum atomic E-state index is 12.3. The van der Waals surface area contributed by atoms with Gasteiger partial charge in [-0.1, -0.05) is 12.1 Å². The van der Waals surface area contributed by atoms with Crippen molar-refractivity contribution < 1.29 is 24.6 Å². The van der Waals surface area contributed by atoms with Crippen LogP contribution < -0.4 is 5.32 Å². The molecule has 0 saturated heterocycles. The SMILES string of the molecule is Cc1cnc(C(C)NC(=O)c2cccc(CN(C)C)c2)[nH]1.O=CO.O=CO. The number of amides is 1. The molecule has 1 aromatic heterocycles. The van der Waals surface area contributed by atoms with Crippen LogP contribution in [0.4, 0.5) is 0 Å². The van der Waals surface area contributed by atoms with Gasteiger partial charge in [0, 0.05) is 24.0 Å². The summed E-state index contributed by atoms with van der Waals surface area (Å²) in [6.07, 6.45) is 1.76. The summed E-state index contributed by atoms with van der Waals surface area (Å²) in [6.45, 7) is 4.17. The predicted octanol–water partition coefficient (Wildman–Crippen LogP) is 1.67. The zero-order valence-electron chi connectivity index (χ0n) is 15.8. The van der Waals surface area contributed by atoms with Crippen LogP contribution in [0.3, 0.4) is 0 Å². The molecule has 9 heteroatoms. The number of carboxylic acid groups (broad SMARTS) is 2. The van der Waals surface area contributed by atoms with Crippen molar-refractivity contribution in [3.05, 3.63) is 53.1 Å². The molecule has 1 aromatic carbocycles. The van der Waals surface area contributed by atoms with Gasteiger partial charge in [0.15, 0.2) is 0 Å². The quantitative estimate of drug-likeness (QED) is 0.581. The predicted molar refractivity (Wildman–Crippen MR) is 100 cm³/mol. The van der Waals surface area contributed by atoms with E-state index in [1.807, 2.05) is 52.2 Å². The Morgan fingerprint density at radius 3 is 2.37 bits per heavy atom. The highest BCUT2D eigenvalue weighted by molar-refractivity contribution is 5.94. The molecule has 0 fully saturated rings. The first kappa shape index (κ1) is 23.8. The maximum absolute atomic E-state index is 12.3. The first-order valence-electron chi connectivity index (χ1n) is 8.00. The molecule has 0 saturated carbocycles. The van der Waals surface area contributed by atoms with E-state index >= 15 is 0 Å². The van der Waals surface area contributed by atoms with Crippen LogP contribution in [0, 0.1) is 6.92 Å². The molecule has 0 aliphatic carbocycles. The molecule has 2 aromatic rings. The number of nitrogens with zero attached hydrogens (tertiary/aromatic N) is 2. The summed E-state index contributed by atoms with van der Waals surface area (Å²) in [5, 5.41) is 16.7. The molecule has 9 nitrogen and oxygen atoms in total. The van der Waals surface area contributed by atoms with E-state index in [0.717, 1.165) is 23.6 Å². The molecule has 2 rings (SSSR count). The van der Waals surface area contributed by atoms with Gasteiger partial charge < -0.3 is 25.4 Å². The summed E-state index contributed by atoms with van der Waals surface area (Å²) >= 11 is 0. The van der Waals surface area contributed by atoms with E-state index in [4.69, 9.17) is 19.8 Å². The molecular formula is C18H26N4O5. The number of H-pyrrole nitrogens is 1. The monoisotopic (exact) mass is 378 g/mol. The number of aryl methyl sites for hydroxylation is 1. The number of aromatic amines is 1. The van der Waals surface area contributed by atoms with Crippen molar-refractivity contribution in [3.63, 3.8) is 0 Å². The third-order valence-electron chi connectivity index (χ3n) is 3.17. The molecule has 0 bridgehead atoms. The average Bonchev–Trinajstić information content (AvgIpc) is 3.02. The van der Waals surface area contributed by atoms with E-state index in [2.05, 4.69) is 20.2 Å². The fourth-order valence-electron chi connectivity index (χ4n) is 2.18.